The summed E-state index contributed by atoms with van der Waals surface area (Å²) in [5, 5.41) is 14.4. The van der Waals surface area contributed by atoms with Gasteiger partial charge in [-0.15, -0.1) is 0 Å². The minimum Gasteiger partial charge on any atom is -0.336 e. The topological polar surface area (TPSA) is 58.8 Å². The van der Waals surface area contributed by atoms with Gasteiger partial charge < -0.3 is 4.52 Å². The fourth-order valence-electron chi connectivity index (χ4n) is 1.95. The van der Waals surface area contributed by atoms with E-state index in [1.54, 1.807) is 0 Å². The zero-order valence-electron chi connectivity index (χ0n) is 9.57. The van der Waals surface area contributed by atoms with Gasteiger partial charge in [0.2, 0.25) is 5.82 Å². The van der Waals surface area contributed by atoms with Crippen molar-refractivity contribution in [2.75, 3.05) is 0 Å². The molecule has 0 atom stereocenters. The van der Waals surface area contributed by atoms with Crippen molar-refractivity contribution in [3.8, 4) is 11.4 Å². The van der Waals surface area contributed by atoms with Crippen molar-refractivity contribution in [3.63, 3.8) is 0 Å². The minimum atomic E-state index is -0.475. The van der Waals surface area contributed by atoms with Gasteiger partial charge in [0.15, 0.2) is 6.61 Å². The molecule has 1 heterocycles. The van der Waals surface area contributed by atoms with Crippen LogP contribution < -0.4 is 0 Å². The van der Waals surface area contributed by atoms with Crippen molar-refractivity contribution in [2.24, 2.45) is 0 Å². The number of nitrogens with zero attached hydrogens (tertiary/aromatic N) is 2. The highest BCUT2D eigenvalue weighted by Crippen LogP contribution is 2.25. The van der Waals surface area contributed by atoms with E-state index in [-0.39, 0.29) is 5.89 Å². The van der Waals surface area contributed by atoms with E-state index in [0.29, 0.717) is 5.82 Å². The second kappa shape index (κ2) is 4.06. The third-order valence-electron chi connectivity index (χ3n) is 2.49. The Balaban J connectivity index is 2.55. The highest BCUT2D eigenvalue weighted by Gasteiger charge is 2.13. The molecule has 0 unspecified atom stereocenters. The predicted molar refractivity (Wildman–Crippen MR) is 58.3 cm³/mol. The Morgan fingerprint density at radius 2 is 1.81 bits per heavy atom. The number of hydrogen-bond acceptors (Lipinski definition) is 3. The molecule has 4 heteroatoms. The van der Waals surface area contributed by atoms with Crippen LogP contribution >= 0.6 is 0 Å². The molecule has 4 nitrogen and oxygen atoms in total. The monoisotopic (exact) mass is 217 g/mol. The first-order chi connectivity index (χ1) is 7.61. The lowest BCUT2D eigenvalue weighted by Crippen LogP contribution is -1.92. The van der Waals surface area contributed by atoms with Gasteiger partial charge in [-0.1, -0.05) is 22.9 Å². The van der Waals surface area contributed by atoms with Crippen LogP contribution in [0.2, 0.25) is 0 Å². The zero-order valence-corrected chi connectivity index (χ0v) is 9.57. The van der Waals surface area contributed by atoms with E-state index >= 15 is 0 Å². The Kier molecular flexibility index (Phi) is 2.75. The van der Waals surface area contributed by atoms with Crippen molar-refractivity contribution in [1.29, 1.82) is 0 Å². The third kappa shape index (κ3) is 1.84. The first kappa shape index (κ1) is 10.8. The van der Waals surface area contributed by atoms with E-state index in [2.05, 4.69) is 22.3 Å². The number of rotatable bonds is 2. The lowest BCUT2D eigenvalue weighted by atomic mass is 9.99. The van der Waals surface area contributed by atoms with E-state index in [1.807, 2.05) is 20.8 Å². The van der Waals surface area contributed by atoms with Gasteiger partial charge in [-0.05, 0) is 31.9 Å². The van der Waals surface area contributed by atoms with Gasteiger partial charge in [-0.25, -0.2) is 5.11 Å². The maximum atomic E-state index is 10.6. The van der Waals surface area contributed by atoms with Crippen LogP contribution in [0.15, 0.2) is 16.7 Å². The molecule has 0 fully saturated rings. The van der Waals surface area contributed by atoms with Crippen molar-refractivity contribution >= 4 is 0 Å². The molecular weight excluding hydrogens is 204 g/mol. The van der Waals surface area contributed by atoms with Gasteiger partial charge in [-0.3, -0.25) is 0 Å². The summed E-state index contributed by atoms with van der Waals surface area (Å²) < 4.78 is 4.83. The van der Waals surface area contributed by atoms with Crippen molar-refractivity contribution < 1.29 is 9.63 Å². The Morgan fingerprint density at radius 3 is 2.31 bits per heavy atom. The SMILES string of the molecule is Cc1cc(C)c(-c2noc(C[O])n2)c(C)c1. The number of aromatic nitrogens is 2. The molecule has 1 radical (unpaired) electrons. The second-order valence-corrected chi connectivity index (χ2v) is 3.93. The normalized spacial score (nSPS) is 10.8. The largest absolute Gasteiger partial charge is 0.336 e. The van der Waals surface area contributed by atoms with Gasteiger partial charge in [0.05, 0.1) is 0 Å². The highest BCUT2D eigenvalue weighted by atomic mass is 16.5. The van der Waals surface area contributed by atoms with Gasteiger partial charge in [-0.2, -0.15) is 4.98 Å². The molecular formula is C12H13N2O2. The summed E-state index contributed by atoms with van der Waals surface area (Å²) in [5.41, 5.74) is 4.34. The zero-order chi connectivity index (χ0) is 11.7. The summed E-state index contributed by atoms with van der Waals surface area (Å²) in [6, 6.07) is 4.13. The number of aryl methyl sites for hydroxylation is 3. The Morgan fingerprint density at radius 1 is 1.19 bits per heavy atom. The molecule has 16 heavy (non-hydrogen) atoms. The second-order valence-electron chi connectivity index (χ2n) is 3.93. The molecule has 0 N–H and O–H groups in total. The highest BCUT2D eigenvalue weighted by molar-refractivity contribution is 5.64. The van der Waals surface area contributed by atoms with Gasteiger partial charge in [0.1, 0.15) is 0 Å². The van der Waals surface area contributed by atoms with E-state index in [1.165, 1.54) is 5.56 Å². The van der Waals surface area contributed by atoms with Crippen LogP contribution in [0.3, 0.4) is 0 Å². The van der Waals surface area contributed by atoms with Crippen LogP contribution in [0, 0.1) is 20.8 Å². The molecule has 0 aliphatic heterocycles. The van der Waals surface area contributed by atoms with Gasteiger partial charge in [0, 0.05) is 5.56 Å². The van der Waals surface area contributed by atoms with E-state index in [0.717, 1.165) is 16.7 Å². The average molecular weight is 217 g/mol. The molecule has 0 aliphatic rings. The number of benzene rings is 1. The lowest BCUT2D eigenvalue weighted by molar-refractivity contribution is 0.142. The molecule has 0 amide bonds. The molecule has 2 rings (SSSR count). The summed E-state index contributed by atoms with van der Waals surface area (Å²) in [7, 11) is 0. The minimum absolute atomic E-state index is 0.134. The summed E-state index contributed by atoms with van der Waals surface area (Å²) in [5.74, 6) is 0.634. The van der Waals surface area contributed by atoms with Gasteiger partial charge >= 0.3 is 0 Å². The Bertz CT molecular complexity index is 494. The van der Waals surface area contributed by atoms with Crippen LogP contribution in [0.25, 0.3) is 11.4 Å². The van der Waals surface area contributed by atoms with Crippen LogP contribution in [0.1, 0.15) is 22.6 Å². The van der Waals surface area contributed by atoms with Crippen molar-refractivity contribution in [1.82, 2.24) is 10.1 Å². The van der Waals surface area contributed by atoms with E-state index in [9.17, 15) is 5.11 Å². The Labute approximate surface area is 93.9 Å². The molecule has 1 aromatic heterocycles. The summed E-state index contributed by atoms with van der Waals surface area (Å²) >= 11 is 0. The van der Waals surface area contributed by atoms with E-state index in [4.69, 9.17) is 4.52 Å². The standard InChI is InChI=1S/C12H13N2O2/c1-7-4-8(2)11(9(3)5-7)12-13-10(6-15)16-14-12/h4-5H,6H2,1-3H3. The van der Waals surface area contributed by atoms with Crippen LogP contribution in [0.4, 0.5) is 0 Å². The fourth-order valence-corrected chi connectivity index (χ4v) is 1.95. The quantitative estimate of drug-likeness (QED) is 0.776. The average Bonchev–Trinajstić information content (AvgIpc) is 2.64. The first-order valence-electron chi connectivity index (χ1n) is 5.10. The molecule has 0 aliphatic carbocycles. The fraction of sp³-hybridized carbons (Fsp3) is 0.333. The van der Waals surface area contributed by atoms with E-state index < -0.39 is 6.61 Å². The van der Waals surface area contributed by atoms with Gasteiger partial charge in [0.25, 0.3) is 5.89 Å². The van der Waals surface area contributed by atoms with Crippen molar-refractivity contribution in [3.05, 3.63) is 34.7 Å². The van der Waals surface area contributed by atoms with Crippen LogP contribution in [-0.2, 0) is 11.7 Å². The Hall–Kier alpha value is -1.68. The maximum Gasteiger partial charge on any atom is 0.256 e. The summed E-state index contributed by atoms with van der Waals surface area (Å²) in [6.45, 7) is 5.57. The molecule has 0 bridgehead atoms. The molecule has 1 aromatic carbocycles. The third-order valence-corrected chi connectivity index (χ3v) is 2.49. The molecule has 0 saturated carbocycles. The molecule has 83 valence electrons. The van der Waals surface area contributed by atoms with Crippen molar-refractivity contribution in [2.45, 2.75) is 27.4 Å². The molecule has 0 spiro atoms. The summed E-state index contributed by atoms with van der Waals surface area (Å²) in [6.07, 6.45) is 0. The first-order valence-corrected chi connectivity index (χ1v) is 5.10. The molecule has 0 saturated heterocycles. The molecule has 2 aromatic rings. The predicted octanol–water partition coefficient (Wildman–Crippen LogP) is 2.59. The number of hydrogen-bond donors (Lipinski definition) is 0. The lowest BCUT2D eigenvalue weighted by Gasteiger charge is -2.06. The smallest absolute Gasteiger partial charge is 0.256 e. The van der Waals surface area contributed by atoms with Crippen LogP contribution in [0.5, 0.6) is 0 Å². The summed E-state index contributed by atoms with van der Waals surface area (Å²) in [4.78, 5) is 4.06. The maximum absolute atomic E-state index is 10.6. The van der Waals surface area contributed by atoms with Crippen LogP contribution in [-0.4, -0.2) is 10.1 Å².